The molecule has 0 saturated carbocycles. The lowest BCUT2D eigenvalue weighted by Gasteiger charge is -2.43. The molecule has 0 spiro atoms. The zero-order chi connectivity index (χ0) is 44.0. The standard InChI is InChI=1S/C46H55ClN9O6P/c1-5-28-21-36(50-46-48-24-34(47)43(52-46)49-35-10-6-7-12-41(35)63(3,4)60)40(61-2)23-38(28)53-17-15-29(16-18-53)55-26-30-22-31(55)25-54(30)19-20-62-39-11-8-9-32-33(39)27-56(45(32)59)37-13-14-42(57)51-44(37)58/h6-12,21,23-24,29-31,37H,5,13-20,22,25-27H2,1-4H3,(H,51,57,58)(H2,48,49,50,52)/t30-,31-,37?/m0/s1. The van der Waals surface area contributed by atoms with Gasteiger partial charge in [0.1, 0.15) is 36.3 Å². The summed E-state index contributed by atoms with van der Waals surface area (Å²) >= 11 is 6.54. The second-order valence-corrected chi connectivity index (χ2v) is 21.1. The fourth-order valence-electron chi connectivity index (χ4n) is 10.2. The number of fused-ring (bicyclic) bond motifs is 3. The number of piperidine rings is 2. The number of amides is 3. The third kappa shape index (κ3) is 8.72. The van der Waals surface area contributed by atoms with Crippen molar-refractivity contribution in [2.24, 2.45) is 0 Å². The lowest BCUT2D eigenvalue weighted by Crippen LogP contribution is -2.53. The van der Waals surface area contributed by atoms with Crippen LogP contribution in [-0.2, 0) is 27.1 Å². The Morgan fingerprint density at radius 1 is 0.937 bits per heavy atom. The second-order valence-electron chi connectivity index (χ2n) is 17.5. The van der Waals surface area contributed by atoms with Crippen LogP contribution in [-0.4, -0.2) is 126 Å². The van der Waals surface area contributed by atoms with Crippen LogP contribution in [0.1, 0.15) is 60.5 Å². The Bertz CT molecular complexity index is 2480. The molecule has 9 rings (SSSR count). The van der Waals surface area contributed by atoms with Crippen molar-refractivity contribution in [3.8, 4) is 11.5 Å². The van der Waals surface area contributed by atoms with Gasteiger partial charge in [0.2, 0.25) is 17.8 Å². The zero-order valence-corrected chi connectivity index (χ0v) is 37.9. The van der Waals surface area contributed by atoms with Gasteiger partial charge in [-0.3, -0.25) is 29.5 Å². The summed E-state index contributed by atoms with van der Waals surface area (Å²) < 4.78 is 25.2. The number of methoxy groups -OCH3 is 1. The van der Waals surface area contributed by atoms with Gasteiger partial charge in [-0.15, -0.1) is 0 Å². The van der Waals surface area contributed by atoms with E-state index in [1.807, 2.05) is 36.4 Å². The number of carbonyl (C=O) groups excluding carboxylic acids is 3. The maximum absolute atomic E-state index is 13.3. The lowest BCUT2D eigenvalue weighted by molar-refractivity contribution is -0.136. The Kier molecular flexibility index (Phi) is 12.1. The number of piperazine rings is 1. The molecule has 1 unspecified atom stereocenters. The average molecular weight is 896 g/mol. The van der Waals surface area contributed by atoms with Gasteiger partial charge in [-0.05, 0) is 81.3 Å². The number of benzene rings is 3. The van der Waals surface area contributed by atoms with Gasteiger partial charge < -0.3 is 34.5 Å². The number of likely N-dealkylation sites (tertiary alicyclic amines) is 2. The Balaban J connectivity index is 0.782. The minimum atomic E-state index is -2.56. The van der Waals surface area contributed by atoms with E-state index in [2.05, 4.69) is 54.7 Å². The first-order valence-electron chi connectivity index (χ1n) is 21.9. The summed E-state index contributed by atoms with van der Waals surface area (Å²) in [5.41, 5.74) is 5.22. The van der Waals surface area contributed by atoms with Gasteiger partial charge in [-0.1, -0.05) is 36.7 Å². The molecule has 3 aromatic carbocycles. The van der Waals surface area contributed by atoms with Crippen molar-refractivity contribution >= 4 is 70.6 Å². The normalized spacial score (nSPS) is 21.8. The van der Waals surface area contributed by atoms with Crippen LogP contribution in [0.3, 0.4) is 0 Å². The SMILES string of the molecule is CCc1cc(Nc2ncc(Cl)c(Nc3ccccc3P(C)(C)=O)n2)c(OC)cc1N1CCC(N2C[C@@H]3C[C@H]2CN3CCOc2cccc3c2CN(C2CCC(=O)NC2=O)C3=O)CC1. The number of aryl methyl sites for hydroxylation is 1. The summed E-state index contributed by atoms with van der Waals surface area (Å²) in [4.78, 5) is 56.0. The first-order chi connectivity index (χ1) is 30.4. The number of para-hydroxylation sites is 1. The van der Waals surface area contributed by atoms with Gasteiger partial charge in [-0.25, -0.2) is 4.98 Å². The number of imide groups is 1. The molecule has 17 heteroatoms. The molecule has 3 N–H and O–H groups in total. The highest BCUT2D eigenvalue weighted by molar-refractivity contribution is 7.70. The molecule has 4 aromatic rings. The van der Waals surface area contributed by atoms with Crippen LogP contribution in [0.2, 0.25) is 5.02 Å². The van der Waals surface area contributed by atoms with E-state index in [0.29, 0.717) is 77.2 Å². The molecule has 63 heavy (non-hydrogen) atoms. The van der Waals surface area contributed by atoms with Crippen LogP contribution in [0.15, 0.2) is 60.8 Å². The summed E-state index contributed by atoms with van der Waals surface area (Å²) in [7, 11) is -0.884. The van der Waals surface area contributed by atoms with Crippen molar-refractivity contribution < 1.29 is 28.4 Å². The quantitative estimate of drug-likeness (QED) is 0.1000. The lowest BCUT2D eigenvalue weighted by atomic mass is 9.99. The van der Waals surface area contributed by atoms with E-state index in [9.17, 15) is 18.9 Å². The fraction of sp³-hybridized carbons (Fsp3) is 0.457. The summed E-state index contributed by atoms with van der Waals surface area (Å²) in [6.07, 6.45) is 6.31. The van der Waals surface area contributed by atoms with Crippen LogP contribution in [0.4, 0.5) is 28.8 Å². The number of rotatable bonds is 14. The van der Waals surface area contributed by atoms with Crippen LogP contribution in [0, 0.1) is 0 Å². The molecule has 2 bridgehead atoms. The van der Waals surface area contributed by atoms with Gasteiger partial charge in [-0.2, -0.15) is 4.98 Å². The van der Waals surface area contributed by atoms with Crippen LogP contribution < -0.4 is 35.6 Å². The highest BCUT2D eigenvalue weighted by Gasteiger charge is 2.46. The predicted molar refractivity (Wildman–Crippen MR) is 245 cm³/mol. The summed E-state index contributed by atoms with van der Waals surface area (Å²) in [5, 5.41) is 10.1. The predicted octanol–water partition coefficient (Wildman–Crippen LogP) is 6.00. The van der Waals surface area contributed by atoms with Crippen molar-refractivity contribution in [3.63, 3.8) is 0 Å². The van der Waals surface area contributed by atoms with Gasteiger partial charge in [0.25, 0.3) is 5.91 Å². The van der Waals surface area contributed by atoms with E-state index in [1.54, 1.807) is 37.6 Å². The highest BCUT2D eigenvalue weighted by atomic mass is 35.5. The third-order valence-corrected chi connectivity index (χ3v) is 15.2. The number of hydrogen-bond donors (Lipinski definition) is 3. The zero-order valence-electron chi connectivity index (χ0n) is 36.2. The number of hydrogen-bond acceptors (Lipinski definition) is 13. The van der Waals surface area contributed by atoms with Crippen molar-refractivity contribution in [2.75, 3.05) is 75.3 Å². The minimum Gasteiger partial charge on any atom is -0.494 e. The first-order valence-corrected chi connectivity index (χ1v) is 24.9. The largest absolute Gasteiger partial charge is 0.494 e. The molecule has 4 saturated heterocycles. The fourth-order valence-corrected chi connectivity index (χ4v) is 11.5. The van der Waals surface area contributed by atoms with Gasteiger partial charge in [0, 0.05) is 85.5 Å². The van der Waals surface area contributed by atoms with Gasteiger partial charge in [0.05, 0.1) is 31.2 Å². The summed E-state index contributed by atoms with van der Waals surface area (Å²) in [6, 6.07) is 18.2. The molecule has 15 nitrogen and oxygen atoms in total. The Labute approximate surface area is 373 Å². The topological polar surface area (TPSA) is 162 Å². The molecule has 0 aliphatic carbocycles. The number of nitrogens with zero attached hydrogens (tertiary/aromatic N) is 6. The van der Waals surface area contributed by atoms with E-state index < -0.39 is 19.1 Å². The number of halogens is 1. The summed E-state index contributed by atoms with van der Waals surface area (Å²) in [5.74, 6) is 1.25. The van der Waals surface area contributed by atoms with Gasteiger partial charge >= 0.3 is 0 Å². The molecule has 6 heterocycles. The van der Waals surface area contributed by atoms with E-state index in [-0.39, 0.29) is 18.2 Å². The maximum atomic E-state index is 13.3. The molecule has 332 valence electrons. The Morgan fingerprint density at radius 3 is 2.48 bits per heavy atom. The molecule has 0 radical (unpaired) electrons. The minimum absolute atomic E-state index is 0.190. The van der Waals surface area contributed by atoms with E-state index >= 15 is 0 Å². The van der Waals surface area contributed by atoms with E-state index in [4.69, 9.17) is 26.1 Å². The molecule has 5 aliphatic heterocycles. The number of ether oxygens (including phenoxy) is 2. The Hall–Kier alpha value is -5.21. The van der Waals surface area contributed by atoms with Crippen molar-refractivity contribution in [3.05, 3.63) is 82.5 Å². The highest BCUT2D eigenvalue weighted by Crippen LogP contribution is 2.41. The molecule has 3 amide bonds. The summed E-state index contributed by atoms with van der Waals surface area (Å²) in [6.45, 7) is 11.3. The number of nitrogens with one attached hydrogen (secondary N) is 3. The molecule has 3 atom stereocenters. The number of anilines is 5. The average Bonchev–Trinajstić information content (AvgIpc) is 3.98. The molecular formula is C46H55ClN9O6P. The number of aromatic nitrogens is 2. The van der Waals surface area contributed by atoms with E-state index in [1.165, 1.54) is 17.7 Å². The molecular weight excluding hydrogens is 841 g/mol. The molecule has 5 aliphatic rings. The maximum Gasteiger partial charge on any atom is 0.255 e. The third-order valence-electron chi connectivity index (χ3n) is 13.4. The van der Waals surface area contributed by atoms with Crippen LogP contribution in [0.5, 0.6) is 11.5 Å². The van der Waals surface area contributed by atoms with Crippen LogP contribution >= 0.6 is 18.7 Å². The first kappa shape index (κ1) is 43.1. The smallest absolute Gasteiger partial charge is 0.255 e. The van der Waals surface area contributed by atoms with Crippen molar-refractivity contribution in [1.82, 2.24) is 30.0 Å². The van der Waals surface area contributed by atoms with Gasteiger partial charge in [0.15, 0.2) is 5.82 Å². The molecule has 4 fully saturated rings. The van der Waals surface area contributed by atoms with Crippen LogP contribution in [0.25, 0.3) is 0 Å². The van der Waals surface area contributed by atoms with Crippen molar-refractivity contribution in [2.45, 2.75) is 76.2 Å². The van der Waals surface area contributed by atoms with E-state index in [0.717, 1.165) is 68.5 Å². The Morgan fingerprint density at radius 2 is 1.75 bits per heavy atom. The number of carbonyl (C=O) groups is 3. The van der Waals surface area contributed by atoms with Crippen molar-refractivity contribution in [1.29, 1.82) is 0 Å². The molecule has 1 aromatic heterocycles. The monoisotopic (exact) mass is 895 g/mol. The second kappa shape index (κ2) is 17.8.